The summed E-state index contributed by atoms with van der Waals surface area (Å²) in [5.74, 6) is -0.975. The Bertz CT molecular complexity index is 883. The summed E-state index contributed by atoms with van der Waals surface area (Å²) in [6, 6.07) is 7.66. The van der Waals surface area contributed by atoms with Crippen LogP contribution in [0.15, 0.2) is 36.5 Å². The number of hydrogen-bond acceptors (Lipinski definition) is 4. The molecule has 2 heterocycles. The smallest absolute Gasteiger partial charge is 0.225 e. The molecule has 1 saturated heterocycles. The summed E-state index contributed by atoms with van der Waals surface area (Å²) in [7, 11) is 0. The summed E-state index contributed by atoms with van der Waals surface area (Å²) in [6.45, 7) is 1.44. The topological polar surface area (TPSA) is 65.5 Å². The predicted octanol–water partition coefficient (Wildman–Crippen LogP) is 3.66. The van der Waals surface area contributed by atoms with Gasteiger partial charge in [0, 0.05) is 30.9 Å². The van der Waals surface area contributed by atoms with Gasteiger partial charge < -0.3 is 15.3 Å². The summed E-state index contributed by atoms with van der Waals surface area (Å²) in [4.78, 5) is 19.3. The van der Waals surface area contributed by atoms with Crippen LogP contribution in [0.4, 0.5) is 14.6 Å². The molecule has 1 amide bonds. The number of nitrogens with zero attached hydrogens (tertiary/aromatic N) is 2. The van der Waals surface area contributed by atoms with Crippen molar-refractivity contribution >= 4 is 11.7 Å². The molecular weight excluding hydrogens is 388 g/mol. The number of benzene rings is 1. The summed E-state index contributed by atoms with van der Waals surface area (Å²) in [5, 5.41) is 12.8. The van der Waals surface area contributed by atoms with Crippen LogP contribution in [-0.2, 0) is 4.79 Å². The van der Waals surface area contributed by atoms with Gasteiger partial charge in [-0.1, -0.05) is 6.07 Å². The molecule has 2 aromatic rings. The highest BCUT2D eigenvalue weighted by atomic mass is 19.2. The number of aliphatic hydroxyl groups is 1. The Hall–Kier alpha value is -2.54. The number of aromatic nitrogens is 1. The number of pyridine rings is 1. The van der Waals surface area contributed by atoms with E-state index in [9.17, 15) is 18.7 Å². The molecular formula is C23H27F2N3O2. The molecule has 1 saturated carbocycles. The van der Waals surface area contributed by atoms with Crippen molar-refractivity contribution in [3.05, 3.63) is 48.2 Å². The van der Waals surface area contributed by atoms with Gasteiger partial charge in [-0.3, -0.25) is 4.79 Å². The summed E-state index contributed by atoms with van der Waals surface area (Å²) in [6.07, 6.45) is 6.33. The Kier molecular flexibility index (Phi) is 6.27. The van der Waals surface area contributed by atoms with Gasteiger partial charge in [-0.2, -0.15) is 0 Å². The second kappa shape index (κ2) is 9.08. The number of amides is 1. The van der Waals surface area contributed by atoms with Crippen molar-refractivity contribution in [1.29, 1.82) is 0 Å². The number of anilines is 1. The minimum Gasteiger partial charge on any atom is -0.393 e. The van der Waals surface area contributed by atoms with E-state index in [-0.39, 0.29) is 24.0 Å². The van der Waals surface area contributed by atoms with Crippen molar-refractivity contribution in [3.63, 3.8) is 0 Å². The SMILES string of the molecule is O=C(NC1CCC(O)CC1)C1CCCN(c2ccc(-c3ccc(F)c(F)c3)cn2)C1. The number of rotatable bonds is 4. The lowest BCUT2D eigenvalue weighted by molar-refractivity contribution is -0.126. The fourth-order valence-corrected chi connectivity index (χ4v) is 4.36. The zero-order valence-corrected chi connectivity index (χ0v) is 16.9. The normalized spacial score (nSPS) is 24.5. The highest BCUT2D eigenvalue weighted by Gasteiger charge is 2.29. The molecule has 0 radical (unpaired) electrons. The first-order chi connectivity index (χ1) is 14.5. The summed E-state index contributed by atoms with van der Waals surface area (Å²) in [5.41, 5.74) is 1.28. The molecule has 1 aliphatic carbocycles. The molecule has 1 aliphatic heterocycles. The van der Waals surface area contributed by atoms with Crippen LogP contribution >= 0.6 is 0 Å². The van der Waals surface area contributed by atoms with Crippen molar-refractivity contribution in [2.24, 2.45) is 5.92 Å². The first-order valence-corrected chi connectivity index (χ1v) is 10.6. The van der Waals surface area contributed by atoms with Crippen LogP contribution in [0.3, 0.4) is 0 Å². The Labute approximate surface area is 175 Å². The molecule has 5 nitrogen and oxygen atoms in total. The second-order valence-corrected chi connectivity index (χ2v) is 8.33. The first kappa shape index (κ1) is 20.7. The lowest BCUT2D eigenvalue weighted by atomic mass is 9.91. The van der Waals surface area contributed by atoms with Crippen LogP contribution in [-0.4, -0.2) is 41.2 Å². The lowest BCUT2D eigenvalue weighted by Crippen LogP contribution is -2.47. The average molecular weight is 415 g/mol. The Morgan fingerprint density at radius 3 is 2.50 bits per heavy atom. The van der Waals surface area contributed by atoms with Gasteiger partial charge in [0.05, 0.1) is 12.0 Å². The quantitative estimate of drug-likeness (QED) is 0.800. The second-order valence-electron chi connectivity index (χ2n) is 8.33. The zero-order chi connectivity index (χ0) is 21.1. The van der Waals surface area contributed by atoms with Crippen molar-refractivity contribution in [3.8, 4) is 11.1 Å². The van der Waals surface area contributed by atoms with Gasteiger partial charge in [-0.05, 0) is 68.4 Å². The fraction of sp³-hybridized carbons (Fsp3) is 0.478. The van der Waals surface area contributed by atoms with Gasteiger partial charge >= 0.3 is 0 Å². The van der Waals surface area contributed by atoms with Crippen molar-refractivity contribution < 1.29 is 18.7 Å². The maximum atomic E-state index is 13.5. The van der Waals surface area contributed by atoms with E-state index in [1.165, 1.54) is 6.07 Å². The third-order valence-electron chi connectivity index (χ3n) is 6.16. The van der Waals surface area contributed by atoms with Crippen molar-refractivity contribution in [1.82, 2.24) is 10.3 Å². The Morgan fingerprint density at radius 1 is 1.03 bits per heavy atom. The molecule has 1 atom stereocenters. The number of aliphatic hydroxyl groups excluding tert-OH is 1. The lowest BCUT2D eigenvalue weighted by Gasteiger charge is -2.34. The molecule has 7 heteroatoms. The van der Waals surface area contributed by atoms with E-state index in [0.29, 0.717) is 17.7 Å². The van der Waals surface area contributed by atoms with Crippen molar-refractivity contribution in [2.45, 2.75) is 50.7 Å². The van der Waals surface area contributed by atoms with Gasteiger partial charge in [0.1, 0.15) is 5.82 Å². The molecule has 4 rings (SSSR count). The molecule has 1 aromatic carbocycles. The Morgan fingerprint density at radius 2 is 1.80 bits per heavy atom. The highest BCUT2D eigenvalue weighted by Crippen LogP contribution is 2.26. The average Bonchev–Trinajstić information content (AvgIpc) is 2.77. The molecule has 0 spiro atoms. The monoisotopic (exact) mass is 415 g/mol. The van der Waals surface area contributed by atoms with Gasteiger partial charge in [0.15, 0.2) is 11.6 Å². The molecule has 30 heavy (non-hydrogen) atoms. The summed E-state index contributed by atoms with van der Waals surface area (Å²) >= 11 is 0. The molecule has 0 bridgehead atoms. The van der Waals surface area contributed by atoms with E-state index in [2.05, 4.69) is 15.2 Å². The molecule has 1 unspecified atom stereocenters. The first-order valence-electron chi connectivity index (χ1n) is 10.6. The van der Waals surface area contributed by atoms with Crippen LogP contribution in [0.5, 0.6) is 0 Å². The maximum absolute atomic E-state index is 13.5. The minimum atomic E-state index is -0.881. The zero-order valence-electron chi connectivity index (χ0n) is 16.9. The van der Waals surface area contributed by atoms with Crippen LogP contribution in [0, 0.1) is 17.6 Å². The number of hydrogen-bond donors (Lipinski definition) is 2. The summed E-state index contributed by atoms with van der Waals surface area (Å²) < 4.78 is 26.6. The highest BCUT2D eigenvalue weighted by molar-refractivity contribution is 5.80. The molecule has 2 aliphatic rings. The van der Waals surface area contributed by atoms with Gasteiger partial charge in [0.25, 0.3) is 0 Å². The fourth-order valence-electron chi connectivity index (χ4n) is 4.36. The molecule has 2 fully saturated rings. The number of carbonyl (C=O) groups is 1. The molecule has 160 valence electrons. The van der Waals surface area contributed by atoms with Gasteiger partial charge in [-0.25, -0.2) is 13.8 Å². The third-order valence-corrected chi connectivity index (χ3v) is 6.16. The third kappa shape index (κ3) is 4.78. The standard InChI is InChI=1S/C23H27F2N3O2/c24-20-9-3-15(12-21(20)25)16-4-10-22(26-13-16)28-11-1-2-17(14-28)23(30)27-18-5-7-19(29)8-6-18/h3-4,9-10,12-13,17-19,29H,1-2,5-8,11,14H2,(H,27,30). The van der Waals surface area contributed by atoms with Crippen LogP contribution < -0.4 is 10.2 Å². The molecule has 1 aromatic heterocycles. The van der Waals surface area contributed by atoms with Crippen LogP contribution in [0.25, 0.3) is 11.1 Å². The van der Waals surface area contributed by atoms with E-state index in [1.54, 1.807) is 6.20 Å². The van der Waals surface area contributed by atoms with E-state index in [1.807, 2.05) is 12.1 Å². The predicted molar refractivity (Wildman–Crippen MR) is 111 cm³/mol. The maximum Gasteiger partial charge on any atom is 0.225 e. The number of nitrogens with one attached hydrogen (secondary N) is 1. The van der Waals surface area contributed by atoms with Gasteiger partial charge in [-0.15, -0.1) is 0 Å². The molecule has 2 N–H and O–H groups in total. The Balaban J connectivity index is 1.38. The van der Waals surface area contributed by atoms with Gasteiger partial charge in [0.2, 0.25) is 5.91 Å². The largest absolute Gasteiger partial charge is 0.393 e. The van der Waals surface area contributed by atoms with E-state index < -0.39 is 11.6 Å². The number of halogens is 2. The van der Waals surface area contributed by atoms with E-state index in [0.717, 1.165) is 63.0 Å². The van der Waals surface area contributed by atoms with Crippen LogP contribution in [0.2, 0.25) is 0 Å². The van der Waals surface area contributed by atoms with Crippen LogP contribution in [0.1, 0.15) is 38.5 Å². The van der Waals surface area contributed by atoms with Crippen molar-refractivity contribution in [2.75, 3.05) is 18.0 Å². The van der Waals surface area contributed by atoms with E-state index >= 15 is 0 Å². The van der Waals surface area contributed by atoms with E-state index in [4.69, 9.17) is 0 Å². The number of piperidine rings is 1. The minimum absolute atomic E-state index is 0.0829. The number of carbonyl (C=O) groups excluding carboxylic acids is 1.